The van der Waals surface area contributed by atoms with Gasteiger partial charge in [0.05, 0.1) is 0 Å². The van der Waals surface area contributed by atoms with Crippen LogP contribution in [0.3, 0.4) is 0 Å². The molecule has 1 rings (SSSR count). The van der Waals surface area contributed by atoms with Gasteiger partial charge < -0.3 is 4.90 Å². The van der Waals surface area contributed by atoms with Crippen LogP contribution in [0, 0.1) is 11.7 Å². The molecular formula is C15H22FNO. The number of carbonyl (C=O) groups is 1. The van der Waals surface area contributed by atoms with Gasteiger partial charge in [0.2, 0.25) is 0 Å². The smallest absolute Gasteiger partial charge is 0.161 e. The monoisotopic (exact) mass is 251 g/mol. The summed E-state index contributed by atoms with van der Waals surface area (Å²) >= 11 is 0. The first kappa shape index (κ1) is 14.7. The predicted molar refractivity (Wildman–Crippen MR) is 73.7 cm³/mol. The van der Waals surface area contributed by atoms with Crippen LogP contribution >= 0.6 is 0 Å². The minimum atomic E-state index is -0.367. The maximum Gasteiger partial charge on any atom is 0.161 e. The van der Waals surface area contributed by atoms with E-state index in [4.69, 9.17) is 0 Å². The topological polar surface area (TPSA) is 20.3 Å². The number of hydrogen-bond acceptors (Lipinski definition) is 2. The van der Waals surface area contributed by atoms with E-state index in [1.807, 2.05) is 7.05 Å². The molecule has 0 aromatic heterocycles. The quantitative estimate of drug-likeness (QED) is 0.740. The molecule has 1 atom stereocenters. The molecule has 0 radical (unpaired) electrons. The largest absolute Gasteiger partial charge is 0.371 e. The summed E-state index contributed by atoms with van der Waals surface area (Å²) in [5.74, 6) is 0.116. The van der Waals surface area contributed by atoms with E-state index in [0.29, 0.717) is 17.5 Å². The summed E-state index contributed by atoms with van der Waals surface area (Å²) < 4.78 is 13.2. The van der Waals surface area contributed by atoms with E-state index in [1.165, 1.54) is 19.1 Å². The molecule has 0 bridgehead atoms. The van der Waals surface area contributed by atoms with Crippen molar-refractivity contribution in [2.45, 2.75) is 40.2 Å². The van der Waals surface area contributed by atoms with Gasteiger partial charge in [-0.2, -0.15) is 0 Å². The first-order valence-electron chi connectivity index (χ1n) is 6.36. The summed E-state index contributed by atoms with van der Waals surface area (Å²) in [5.41, 5.74) is 1.25. The van der Waals surface area contributed by atoms with E-state index in [9.17, 15) is 9.18 Å². The number of carbonyl (C=O) groups excluding carboxylic acids is 1. The van der Waals surface area contributed by atoms with Crippen LogP contribution < -0.4 is 4.90 Å². The maximum absolute atomic E-state index is 13.2. The highest BCUT2D eigenvalue weighted by Gasteiger charge is 2.17. The molecule has 0 amide bonds. The molecule has 0 aliphatic rings. The van der Waals surface area contributed by atoms with Crippen LogP contribution in [0.4, 0.5) is 10.1 Å². The number of hydrogen-bond donors (Lipinski definition) is 0. The second-order valence-corrected chi connectivity index (χ2v) is 5.31. The van der Waals surface area contributed by atoms with Crippen molar-refractivity contribution >= 4 is 11.5 Å². The zero-order chi connectivity index (χ0) is 13.9. The van der Waals surface area contributed by atoms with Crippen LogP contribution in [0.2, 0.25) is 0 Å². The standard InChI is InChI=1S/C15H22FNO/c1-10(2)8-11(3)17(5)15-7-6-13(16)9-14(15)12(4)18/h6-7,9-11H,8H2,1-5H3. The van der Waals surface area contributed by atoms with Gasteiger partial charge in [0.15, 0.2) is 5.78 Å². The molecule has 0 saturated carbocycles. The van der Waals surface area contributed by atoms with E-state index in [-0.39, 0.29) is 11.6 Å². The van der Waals surface area contributed by atoms with Crippen molar-refractivity contribution in [3.05, 3.63) is 29.6 Å². The van der Waals surface area contributed by atoms with E-state index >= 15 is 0 Å². The minimum Gasteiger partial charge on any atom is -0.371 e. The number of rotatable bonds is 5. The van der Waals surface area contributed by atoms with Gasteiger partial charge in [-0.3, -0.25) is 4.79 Å². The van der Waals surface area contributed by atoms with Crippen molar-refractivity contribution in [1.82, 2.24) is 0 Å². The highest BCUT2D eigenvalue weighted by Crippen LogP contribution is 2.24. The van der Waals surface area contributed by atoms with Gasteiger partial charge in [0, 0.05) is 24.3 Å². The number of halogens is 1. The predicted octanol–water partition coefficient (Wildman–Crippen LogP) is 3.90. The van der Waals surface area contributed by atoms with Gasteiger partial charge >= 0.3 is 0 Å². The van der Waals surface area contributed by atoms with Crippen LogP contribution in [0.25, 0.3) is 0 Å². The van der Waals surface area contributed by atoms with Gasteiger partial charge in [0.25, 0.3) is 0 Å². The van der Waals surface area contributed by atoms with Crippen molar-refractivity contribution in [2.24, 2.45) is 5.92 Å². The highest BCUT2D eigenvalue weighted by atomic mass is 19.1. The molecule has 1 unspecified atom stereocenters. The summed E-state index contributed by atoms with van der Waals surface area (Å²) in [6.45, 7) is 7.92. The van der Waals surface area contributed by atoms with Crippen LogP contribution in [-0.4, -0.2) is 18.9 Å². The minimum absolute atomic E-state index is 0.104. The molecule has 18 heavy (non-hydrogen) atoms. The lowest BCUT2D eigenvalue weighted by Crippen LogP contribution is -2.31. The fraction of sp³-hybridized carbons (Fsp3) is 0.533. The third kappa shape index (κ3) is 3.56. The molecule has 0 aliphatic heterocycles. The van der Waals surface area contributed by atoms with Gasteiger partial charge in [0.1, 0.15) is 5.82 Å². The average molecular weight is 251 g/mol. The van der Waals surface area contributed by atoms with Crippen LogP contribution in [0.5, 0.6) is 0 Å². The lowest BCUT2D eigenvalue weighted by Gasteiger charge is -2.29. The Balaban J connectivity index is 3.04. The summed E-state index contributed by atoms with van der Waals surface area (Å²) in [6.07, 6.45) is 1.03. The zero-order valence-corrected chi connectivity index (χ0v) is 11.8. The number of anilines is 1. The second-order valence-electron chi connectivity index (χ2n) is 5.31. The maximum atomic E-state index is 13.2. The van der Waals surface area contributed by atoms with Crippen molar-refractivity contribution in [2.75, 3.05) is 11.9 Å². The molecule has 0 heterocycles. The molecule has 1 aromatic rings. The van der Waals surface area contributed by atoms with Crippen molar-refractivity contribution in [3.8, 4) is 0 Å². The van der Waals surface area contributed by atoms with Crippen LogP contribution in [-0.2, 0) is 0 Å². The zero-order valence-electron chi connectivity index (χ0n) is 11.8. The number of Topliss-reactive ketones (excluding diaryl/α,β-unsaturated/α-hetero) is 1. The van der Waals surface area contributed by atoms with E-state index in [1.54, 1.807) is 6.07 Å². The molecular weight excluding hydrogens is 229 g/mol. The SMILES string of the molecule is CC(=O)c1cc(F)ccc1N(C)C(C)CC(C)C. The summed E-state index contributed by atoms with van der Waals surface area (Å²) in [5, 5.41) is 0. The molecule has 0 aliphatic carbocycles. The van der Waals surface area contributed by atoms with Crippen LogP contribution in [0.1, 0.15) is 44.5 Å². The fourth-order valence-electron chi connectivity index (χ4n) is 2.18. The molecule has 1 aromatic carbocycles. The normalized spacial score (nSPS) is 12.6. The molecule has 0 N–H and O–H groups in total. The molecule has 100 valence electrons. The van der Waals surface area contributed by atoms with E-state index in [0.717, 1.165) is 12.1 Å². The van der Waals surface area contributed by atoms with Crippen molar-refractivity contribution in [3.63, 3.8) is 0 Å². The Kier molecular flexibility index (Phi) is 4.88. The number of nitrogens with zero attached hydrogens (tertiary/aromatic N) is 1. The molecule has 0 saturated heterocycles. The van der Waals surface area contributed by atoms with Gasteiger partial charge in [-0.15, -0.1) is 0 Å². The Bertz CT molecular complexity index is 429. The third-order valence-electron chi connectivity index (χ3n) is 3.19. The fourth-order valence-corrected chi connectivity index (χ4v) is 2.18. The Morgan fingerprint density at radius 3 is 2.44 bits per heavy atom. The molecule has 0 fully saturated rings. The lowest BCUT2D eigenvalue weighted by molar-refractivity contribution is 0.101. The van der Waals surface area contributed by atoms with Crippen LogP contribution in [0.15, 0.2) is 18.2 Å². The summed E-state index contributed by atoms with van der Waals surface area (Å²) in [4.78, 5) is 13.6. The van der Waals surface area contributed by atoms with Gasteiger partial charge in [-0.05, 0) is 44.4 Å². The Morgan fingerprint density at radius 2 is 1.94 bits per heavy atom. The average Bonchev–Trinajstić information content (AvgIpc) is 2.26. The van der Waals surface area contributed by atoms with Gasteiger partial charge in [-0.1, -0.05) is 13.8 Å². The third-order valence-corrected chi connectivity index (χ3v) is 3.19. The molecule has 0 spiro atoms. The Hall–Kier alpha value is -1.38. The van der Waals surface area contributed by atoms with Crippen molar-refractivity contribution < 1.29 is 9.18 Å². The molecule has 3 heteroatoms. The first-order chi connectivity index (χ1) is 8.32. The number of benzene rings is 1. The summed E-state index contributed by atoms with van der Waals surface area (Å²) in [7, 11) is 1.95. The second kappa shape index (κ2) is 5.98. The van der Waals surface area contributed by atoms with Gasteiger partial charge in [-0.25, -0.2) is 4.39 Å². The number of ketones is 1. The first-order valence-corrected chi connectivity index (χ1v) is 6.36. The summed E-state index contributed by atoms with van der Waals surface area (Å²) in [6, 6.07) is 4.72. The van der Waals surface area contributed by atoms with E-state index in [2.05, 4.69) is 25.7 Å². The Labute approximate surface area is 109 Å². The lowest BCUT2D eigenvalue weighted by atomic mass is 10.0. The molecule has 2 nitrogen and oxygen atoms in total. The highest BCUT2D eigenvalue weighted by molar-refractivity contribution is 5.99. The van der Waals surface area contributed by atoms with E-state index < -0.39 is 0 Å². The Morgan fingerprint density at radius 1 is 1.33 bits per heavy atom. The van der Waals surface area contributed by atoms with Crippen molar-refractivity contribution in [1.29, 1.82) is 0 Å².